The SMILES string of the molecule is Cc1cccc2c1-c1cccc(N(c3ccccc3)c3ccc(-c4cc(-c5ccccc5)c(-c5ccc(N(c6ccccc6)c6ccccc6)cc5)cc4-c4ccccc4)cc3)c1C2(c1ccccc1)c1ccccc1. The number of para-hydroxylation sites is 3. The second kappa shape index (κ2) is 19.9. The van der Waals surface area contributed by atoms with E-state index in [1.165, 1.54) is 66.8 Å². The summed E-state index contributed by atoms with van der Waals surface area (Å²) in [4.78, 5) is 4.79. The molecule has 0 heterocycles. The summed E-state index contributed by atoms with van der Waals surface area (Å²) in [6, 6.07) is 113. The van der Waals surface area contributed by atoms with E-state index in [9.17, 15) is 0 Å². The van der Waals surface area contributed by atoms with E-state index in [2.05, 4.69) is 326 Å². The Morgan fingerprint density at radius 3 is 1.04 bits per heavy atom. The monoisotopic (exact) mass is 970 g/mol. The van der Waals surface area contributed by atoms with Crippen molar-refractivity contribution in [3.8, 4) is 55.6 Å². The van der Waals surface area contributed by atoms with Crippen LogP contribution in [0.4, 0.5) is 34.1 Å². The lowest BCUT2D eigenvalue weighted by Gasteiger charge is -2.38. The van der Waals surface area contributed by atoms with E-state index in [4.69, 9.17) is 0 Å². The first-order valence-corrected chi connectivity index (χ1v) is 26.3. The topological polar surface area (TPSA) is 6.48 Å². The maximum Gasteiger partial charge on any atom is 0.0734 e. The number of anilines is 6. The Bertz CT molecular complexity index is 3860. The minimum atomic E-state index is -0.591. The first kappa shape index (κ1) is 46.1. The van der Waals surface area contributed by atoms with Crippen LogP contribution < -0.4 is 9.80 Å². The zero-order valence-electron chi connectivity index (χ0n) is 42.3. The van der Waals surface area contributed by atoms with Crippen molar-refractivity contribution in [2.45, 2.75) is 12.3 Å². The fourth-order valence-electron chi connectivity index (χ4n) is 11.9. The van der Waals surface area contributed by atoms with Gasteiger partial charge in [0.15, 0.2) is 0 Å². The van der Waals surface area contributed by atoms with Crippen LogP contribution in [0, 0.1) is 6.92 Å². The Balaban J connectivity index is 0.978. The Morgan fingerprint density at radius 2 is 0.605 bits per heavy atom. The summed E-state index contributed by atoms with van der Waals surface area (Å²) in [7, 11) is 0. The van der Waals surface area contributed by atoms with Gasteiger partial charge in [-0.3, -0.25) is 0 Å². The van der Waals surface area contributed by atoms with Gasteiger partial charge in [-0.2, -0.15) is 0 Å². The van der Waals surface area contributed by atoms with Crippen molar-refractivity contribution in [1.82, 2.24) is 0 Å². The summed E-state index contributed by atoms with van der Waals surface area (Å²) in [6.07, 6.45) is 0. The van der Waals surface area contributed by atoms with Crippen LogP contribution in [0.15, 0.2) is 309 Å². The number of benzene rings is 12. The fraction of sp³-hybridized carbons (Fsp3) is 0.0270. The van der Waals surface area contributed by atoms with Crippen molar-refractivity contribution in [2.75, 3.05) is 9.80 Å². The number of hydrogen-bond donors (Lipinski definition) is 0. The molecule has 0 saturated carbocycles. The van der Waals surface area contributed by atoms with Gasteiger partial charge in [0, 0.05) is 34.0 Å². The van der Waals surface area contributed by atoms with Gasteiger partial charge in [-0.05, 0) is 164 Å². The summed E-state index contributed by atoms with van der Waals surface area (Å²) >= 11 is 0. The van der Waals surface area contributed by atoms with E-state index in [0.717, 1.165) is 50.8 Å². The van der Waals surface area contributed by atoms with E-state index >= 15 is 0 Å². The Hall–Kier alpha value is -9.76. The molecule has 1 aliphatic carbocycles. The Labute approximate surface area is 446 Å². The molecule has 0 bridgehead atoms. The summed E-state index contributed by atoms with van der Waals surface area (Å²) in [6.45, 7) is 2.26. The molecule has 76 heavy (non-hydrogen) atoms. The van der Waals surface area contributed by atoms with Gasteiger partial charge in [-0.25, -0.2) is 0 Å². The van der Waals surface area contributed by atoms with Gasteiger partial charge >= 0.3 is 0 Å². The Kier molecular flexibility index (Phi) is 12.1. The van der Waals surface area contributed by atoms with Crippen molar-refractivity contribution < 1.29 is 0 Å². The third-order valence-electron chi connectivity index (χ3n) is 15.3. The van der Waals surface area contributed by atoms with Gasteiger partial charge in [-0.1, -0.05) is 231 Å². The van der Waals surface area contributed by atoms with Crippen LogP contribution in [-0.2, 0) is 5.41 Å². The second-order valence-electron chi connectivity index (χ2n) is 19.6. The minimum Gasteiger partial charge on any atom is -0.311 e. The van der Waals surface area contributed by atoms with Crippen LogP contribution >= 0.6 is 0 Å². The predicted octanol–water partition coefficient (Wildman–Crippen LogP) is 20.0. The molecular formula is C74H54N2. The van der Waals surface area contributed by atoms with Crippen molar-refractivity contribution in [3.63, 3.8) is 0 Å². The zero-order valence-corrected chi connectivity index (χ0v) is 42.3. The molecule has 360 valence electrons. The van der Waals surface area contributed by atoms with Crippen LogP contribution in [0.2, 0.25) is 0 Å². The quantitative estimate of drug-likeness (QED) is 0.120. The molecular weight excluding hydrogens is 917 g/mol. The average Bonchev–Trinajstić information content (AvgIpc) is 3.85. The molecule has 0 spiro atoms. The van der Waals surface area contributed by atoms with E-state index < -0.39 is 5.41 Å². The molecule has 0 unspecified atom stereocenters. The van der Waals surface area contributed by atoms with Crippen LogP contribution in [0.5, 0.6) is 0 Å². The molecule has 1 aliphatic rings. The van der Waals surface area contributed by atoms with Crippen molar-refractivity contribution in [1.29, 1.82) is 0 Å². The lowest BCUT2D eigenvalue weighted by Crippen LogP contribution is -2.30. The summed E-state index contributed by atoms with van der Waals surface area (Å²) in [5, 5.41) is 0. The van der Waals surface area contributed by atoms with Gasteiger partial charge in [0.05, 0.1) is 11.1 Å². The maximum atomic E-state index is 2.47. The van der Waals surface area contributed by atoms with E-state index in [1.54, 1.807) is 0 Å². The Morgan fingerprint density at radius 1 is 0.263 bits per heavy atom. The zero-order chi connectivity index (χ0) is 50.8. The van der Waals surface area contributed by atoms with Gasteiger partial charge in [0.1, 0.15) is 0 Å². The standard InChI is InChI=1S/C74H54N2/c1-53-25-23-41-70-72(53)65-40-24-42-71(73(65)74(70,58-30-13-4-14-31-58)59-32-15-5-16-33-59)76(62-38-21-8-22-39-62)64-49-45-57(46-50-64)69-52-66(54-26-9-2-10-27-54)68(51-67(69)55-28-11-3-12-29-55)56-43-47-63(48-44-56)75(60-34-17-6-18-35-60)61-36-19-7-20-37-61/h2-52H,1H3. The maximum absolute atomic E-state index is 2.47. The van der Waals surface area contributed by atoms with Crippen LogP contribution in [0.25, 0.3) is 55.6 Å². The lowest BCUT2D eigenvalue weighted by atomic mass is 9.67. The molecule has 12 aromatic rings. The normalized spacial score (nSPS) is 12.1. The molecule has 0 aliphatic heterocycles. The smallest absolute Gasteiger partial charge is 0.0734 e. The molecule has 0 aromatic heterocycles. The third-order valence-corrected chi connectivity index (χ3v) is 15.3. The highest BCUT2D eigenvalue weighted by Crippen LogP contribution is 2.61. The highest BCUT2D eigenvalue weighted by molar-refractivity contribution is 5.98. The number of aryl methyl sites for hydroxylation is 1. The molecule has 12 aromatic carbocycles. The van der Waals surface area contributed by atoms with Crippen molar-refractivity contribution in [3.05, 3.63) is 337 Å². The van der Waals surface area contributed by atoms with E-state index in [0.29, 0.717) is 0 Å². The van der Waals surface area contributed by atoms with Crippen molar-refractivity contribution >= 4 is 34.1 Å². The van der Waals surface area contributed by atoms with Crippen LogP contribution in [0.1, 0.15) is 27.8 Å². The van der Waals surface area contributed by atoms with Gasteiger partial charge in [0.25, 0.3) is 0 Å². The first-order valence-electron chi connectivity index (χ1n) is 26.3. The van der Waals surface area contributed by atoms with Gasteiger partial charge in [0.2, 0.25) is 0 Å². The molecule has 2 heteroatoms. The average molecular weight is 971 g/mol. The number of fused-ring (bicyclic) bond motifs is 3. The minimum absolute atomic E-state index is 0.591. The van der Waals surface area contributed by atoms with Crippen molar-refractivity contribution in [2.24, 2.45) is 0 Å². The van der Waals surface area contributed by atoms with Crippen LogP contribution in [-0.4, -0.2) is 0 Å². The summed E-state index contributed by atoms with van der Waals surface area (Å²) in [5.41, 5.74) is 24.2. The highest BCUT2D eigenvalue weighted by atomic mass is 15.1. The largest absolute Gasteiger partial charge is 0.311 e. The molecule has 2 nitrogen and oxygen atoms in total. The first-order chi connectivity index (χ1) is 37.6. The molecule has 13 rings (SSSR count). The van der Waals surface area contributed by atoms with E-state index in [-0.39, 0.29) is 0 Å². The molecule has 0 fully saturated rings. The molecule has 0 amide bonds. The molecule has 0 radical (unpaired) electrons. The predicted molar refractivity (Wildman–Crippen MR) is 320 cm³/mol. The fourth-order valence-corrected chi connectivity index (χ4v) is 11.9. The molecule has 0 N–H and O–H groups in total. The number of hydrogen-bond acceptors (Lipinski definition) is 2. The van der Waals surface area contributed by atoms with Crippen LogP contribution in [0.3, 0.4) is 0 Å². The summed E-state index contributed by atoms with van der Waals surface area (Å²) in [5.74, 6) is 0. The number of nitrogens with zero attached hydrogens (tertiary/aromatic N) is 2. The highest BCUT2D eigenvalue weighted by Gasteiger charge is 2.49. The third kappa shape index (κ3) is 8.09. The summed E-state index contributed by atoms with van der Waals surface area (Å²) < 4.78 is 0. The molecule has 0 saturated heterocycles. The number of rotatable bonds is 12. The molecule has 0 atom stereocenters. The van der Waals surface area contributed by atoms with Gasteiger partial charge in [-0.15, -0.1) is 0 Å². The van der Waals surface area contributed by atoms with Gasteiger partial charge < -0.3 is 9.80 Å². The van der Waals surface area contributed by atoms with E-state index in [1.807, 2.05) is 0 Å². The second-order valence-corrected chi connectivity index (χ2v) is 19.6. The lowest BCUT2D eigenvalue weighted by molar-refractivity contribution is 0.767.